The Hall–Kier alpha value is -0.840. The van der Waals surface area contributed by atoms with Crippen LogP contribution in [0.25, 0.3) is 0 Å². The molecule has 0 aliphatic carbocycles. The molecule has 2 N–H and O–H groups in total. The summed E-state index contributed by atoms with van der Waals surface area (Å²) in [5.74, 6) is 1.73. The molecule has 0 saturated carbocycles. The minimum atomic E-state index is 0. The molecule has 28 heavy (non-hydrogen) atoms. The van der Waals surface area contributed by atoms with Crippen molar-refractivity contribution in [1.29, 1.82) is 0 Å². The maximum absolute atomic E-state index is 6.28. The zero-order chi connectivity index (χ0) is 19.1. The summed E-state index contributed by atoms with van der Waals surface area (Å²) >= 11 is 6.28. The third kappa shape index (κ3) is 6.33. The van der Waals surface area contributed by atoms with Crippen molar-refractivity contribution in [1.82, 2.24) is 20.5 Å². The topological polar surface area (TPSA) is 65.0 Å². The Balaban J connectivity index is 0.00000280. The lowest BCUT2D eigenvalue weighted by molar-refractivity contribution is 0.141. The molecular formula is C19H32ClIN6O. The molecule has 1 aromatic rings. The van der Waals surface area contributed by atoms with Gasteiger partial charge < -0.3 is 20.3 Å². The lowest BCUT2D eigenvalue weighted by Crippen LogP contribution is -2.48. The average Bonchev–Trinajstić information content (AvgIpc) is 3.33. The van der Waals surface area contributed by atoms with E-state index >= 15 is 0 Å². The van der Waals surface area contributed by atoms with Gasteiger partial charge in [-0.05, 0) is 37.9 Å². The molecule has 0 radical (unpaired) electrons. The van der Waals surface area contributed by atoms with Crippen LogP contribution in [0.5, 0.6) is 0 Å². The largest absolute Gasteiger partial charge is 0.383 e. The fourth-order valence-corrected chi connectivity index (χ4v) is 4.15. The van der Waals surface area contributed by atoms with Crippen LogP contribution >= 0.6 is 35.6 Å². The molecule has 2 fully saturated rings. The van der Waals surface area contributed by atoms with Crippen LogP contribution in [0.3, 0.4) is 0 Å². The molecule has 0 spiro atoms. The fourth-order valence-electron chi connectivity index (χ4n) is 3.91. The van der Waals surface area contributed by atoms with E-state index in [-0.39, 0.29) is 24.0 Å². The molecule has 0 bridgehead atoms. The number of nitrogens with one attached hydrogen (secondary N) is 2. The van der Waals surface area contributed by atoms with E-state index in [0.29, 0.717) is 17.1 Å². The van der Waals surface area contributed by atoms with E-state index in [1.54, 1.807) is 13.3 Å². The highest BCUT2D eigenvalue weighted by atomic mass is 127. The Bertz CT molecular complexity index is 634. The lowest BCUT2D eigenvalue weighted by atomic mass is 10.2. The number of methoxy groups -OCH3 is 1. The van der Waals surface area contributed by atoms with Gasteiger partial charge in [-0.2, -0.15) is 0 Å². The highest BCUT2D eigenvalue weighted by molar-refractivity contribution is 14.0. The van der Waals surface area contributed by atoms with Crippen molar-refractivity contribution in [3.05, 3.63) is 23.4 Å². The van der Waals surface area contributed by atoms with Crippen molar-refractivity contribution in [3.8, 4) is 0 Å². The van der Waals surface area contributed by atoms with Gasteiger partial charge in [-0.1, -0.05) is 11.6 Å². The molecule has 9 heteroatoms. The van der Waals surface area contributed by atoms with Crippen LogP contribution < -0.4 is 15.5 Å². The summed E-state index contributed by atoms with van der Waals surface area (Å²) in [4.78, 5) is 13.6. The first-order chi connectivity index (χ1) is 13.2. The molecular weight excluding hydrogens is 491 g/mol. The molecule has 1 aromatic heterocycles. The highest BCUT2D eigenvalue weighted by Crippen LogP contribution is 2.25. The Morgan fingerprint density at radius 1 is 1.39 bits per heavy atom. The number of anilines is 1. The molecule has 3 heterocycles. The smallest absolute Gasteiger partial charge is 0.191 e. The number of aliphatic imine (C=N–C) groups is 1. The number of hydrogen-bond acceptors (Lipinski definition) is 5. The highest BCUT2D eigenvalue weighted by Gasteiger charge is 2.27. The van der Waals surface area contributed by atoms with Crippen molar-refractivity contribution in [2.75, 3.05) is 58.4 Å². The van der Waals surface area contributed by atoms with E-state index < -0.39 is 0 Å². The molecule has 158 valence electrons. The first-order valence-corrected chi connectivity index (χ1v) is 10.1. The average molecular weight is 523 g/mol. The number of halogens is 2. The van der Waals surface area contributed by atoms with Gasteiger partial charge in [-0.15, -0.1) is 24.0 Å². The van der Waals surface area contributed by atoms with E-state index in [2.05, 4.69) is 30.4 Å². The summed E-state index contributed by atoms with van der Waals surface area (Å²) < 4.78 is 5.23. The fraction of sp³-hybridized carbons (Fsp3) is 0.684. The van der Waals surface area contributed by atoms with Gasteiger partial charge in [0, 0.05) is 58.6 Å². The predicted molar refractivity (Wildman–Crippen MR) is 126 cm³/mol. The van der Waals surface area contributed by atoms with Gasteiger partial charge in [0.25, 0.3) is 0 Å². The number of aromatic nitrogens is 1. The number of guanidine groups is 1. The van der Waals surface area contributed by atoms with E-state index in [0.717, 1.165) is 57.5 Å². The van der Waals surface area contributed by atoms with Crippen LogP contribution in [0.1, 0.15) is 19.3 Å². The molecule has 0 aromatic carbocycles. The second kappa shape index (κ2) is 12.0. The van der Waals surface area contributed by atoms with Crippen LogP contribution in [0.2, 0.25) is 5.02 Å². The Labute approximate surface area is 190 Å². The van der Waals surface area contributed by atoms with Crippen molar-refractivity contribution in [3.63, 3.8) is 0 Å². The summed E-state index contributed by atoms with van der Waals surface area (Å²) in [6, 6.07) is 4.64. The minimum Gasteiger partial charge on any atom is -0.383 e. The van der Waals surface area contributed by atoms with E-state index in [1.807, 2.05) is 19.2 Å². The summed E-state index contributed by atoms with van der Waals surface area (Å²) in [5.41, 5.74) is 0. The van der Waals surface area contributed by atoms with Gasteiger partial charge in [-0.3, -0.25) is 9.89 Å². The minimum absolute atomic E-state index is 0. The van der Waals surface area contributed by atoms with Crippen LogP contribution in [0.15, 0.2) is 23.3 Å². The molecule has 2 unspecified atom stereocenters. The van der Waals surface area contributed by atoms with Crippen LogP contribution in [0, 0.1) is 0 Å². The zero-order valence-corrected chi connectivity index (χ0v) is 19.8. The SMILES string of the molecule is CN=C(NCC1CCCN1CCOC)NC1CCN(c2ncccc2Cl)C1.I. The van der Waals surface area contributed by atoms with Gasteiger partial charge in [-0.25, -0.2) is 4.98 Å². The molecule has 7 nitrogen and oxygen atoms in total. The molecule has 2 aliphatic rings. The zero-order valence-electron chi connectivity index (χ0n) is 16.7. The summed E-state index contributed by atoms with van der Waals surface area (Å²) in [6.45, 7) is 5.67. The molecule has 2 saturated heterocycles. The summed E-state index contributed by atoms with van der Waals surface area (Å²) in [5, 5.41) is 7.76. The van der Waals surface area contributed by atoms with Gasteiger partial charge in [0.2, 0.25) is 0 Å². The normalized spacial score (nSPS) is 23.0. The third-order valence-corrected chi connectivity index (χ3v) is 5.67. The van der Waals surface area contributed by atoms with Crippen molar-refractivity contribution < 1.29 is 4.74 Å². The van der Waals surface area contributed by atoms with Crippen molar-refractivity contribution in [2.24, 2.45) is 4.99 Å². The number of ether oxygens (including phenoxy) is 1. The van der Waals surface area contributed by atoms with Gasteiger partial charge in [0.05, 0.1) is 11.6 Å². The van der Waals surface area contributed by atoms with Gasteiger partial charge in [0.15, 0.2) is 5.96 Å². The number of likely N-dealkylation sites (tertiary alicyclic amines) is 1. The second-order valence-corrected chi connectivity index (χ2v) is 7.57. The summed E-state index contributed by atoms with van der Waals surface area (Å²) in [6.07, 6.45) is 5.31. The van der Waals surface area contributed by atoms with Crippen molar-refractivity contribution in [2.45, 2.75) is 31.3 Å². The molecule has 2 atom stereocenters. The third-order valence-electron chi connectivity index (χ3n) is 5.38. The molecule has 2 aliphatic heterocycles. The number of hydrogen-bond donors (Lipinski definition) is 2. The first-order valence-electron chi connectivity index (χ1n) is 9.77. The number of pyridine rings is 1. The Kier molecular flexibility index (Phi) is 10.0. The Morgan fingerprint density at radius 3 is 3.00 bits per heavy atom. The maximum Gasteiger partial charge on any atom is 0.191 e. The quantitative estimate of drug-likeness (QED) is 0.325. The number of rotatable bonds is 7. The van der Waals surface area contributed by atoms with Crippen LogP contribution in [0.4, 0.5) is 5.82 Å². The monoisotopic (exact) mass is 522 g/mol. The van der Waals surface area contributed by atoms with Crippen LogP contribution in [-0.4, -0.2) is 81.4 Å². The van der Waals surface area contributed by atoms with Crippen LogP contribution in [-0.2, 0) is 4.74 Å². The first kappa shape index (κ1) is 23.4. The number of nitrogens with zero attached hydrogens (tertiary/aromatic N) is 4. The maximum atomic E-state index is 6.28. The predicted octanol–water partition coefficient (Wildman–Crippen LogP) is 2.21. The lowest BCUT2D eigenvalue weighted by Gasteiger charge is -2.26. The second-order valence-electron chi connectivity index (χ2n) is 7.16. The van der Waals surface area contributed by atoms with Gasteiger partial charge >= 0.3 is 0 Å². The summed E-state index contributed by atoms with van der Waals surface area (Å²) in [7, 11) is 3.59. The van der Waals surface area contributed by atoms with E-state index in [9.17, 15) is 0 Å². The standard InChI is InChI=1S/C19H31ClN6O.HI/c1-21-19(23-13-16-5-4-9-25(16)11-12-27-2)24-15-7-10-26(14-15)18-17(20)6-3-8-22-18;/h3,6,8,15-16H,4-5,7,9-14H2,1-2H3,(H2,21,23,24);1H. The molecule has 0 amide bonds. The Morgan fingerprint density at radius 2 is 2.25 bits per heavy atom. The molecule has 3 rings (SSSR count). The van der Waals surface area contributed by atoms with Crippen molar-refractivity contribution >= 4 is 47.4 Å². The van der Waals surface area contributed by atoms with E-state index in [4.69, 9.17) is 16.3 Å². The van der Waals surface area contributed by atoms with Gasteiger partial charge in [0.1, 0.15) is 5.82 Å². The van der Waals surface area contributed by atoms with E-state index in [1.165, 1.54) is 12.8 Å².